The molecular formula is C15H12N4OS. The molecule has 0 aliphatic rings. The summed E-state index contributed by atoms with van der Waals surface area (Å²) in [5.74, 6) is 2.16. The van der Waals surface area contributed by atoms with Gasteiger partial charge in [0.2, 0.25) is 0 Å². The summed E-state index contributed by atoms with van der Waals surface area (Å²) in [5, 5.41) is 8.05. The maximum Gasteiger partial charge on any atom is 0.258 e. The summed E-state index contributed by atoms with van der Waals surface area (Å²) in [5.41, 5.74) is 3.03. The average molecular weight is 296 g/mol. The molecule has 0 aliphatic heterocycles. The van der Waals surface area contributed by atoms with Crippen LogP contribution in [0.5, 0.6) is 0 Å². The van der Waals surface area contributed by atoms with Crippen LogP contribution >= 0.6 is 11.3 Å². The van der Waals surface area contributed by atoms with Gasteiger partial charge in [0.1, 0.15) is 5.82 Å². The standard InChI is InChI=1S/C15H12N4OS/c1-10-16-12-4-2-3-5-13(12)19(10)8-14-17-15(20-18-14)11-6-7-21-9-11/h2-7,9H,8H2,1H3. The molecule has 0 amide bonds. The first-order valence-corrected chi connectivity index (χ1v) is 7.52. The van der Waals surface area contributed by atoms with Crippen LogP contribution in [-0.4, -0.2) is 19.7 Å². The lowest BCUT2D eigenvalue weighted by Gasteiger charge is -2.02. The van der Waals surface area contributed by atoms with Crippen LogP contribution in [0.25, 0.3) is 22.5 Å². The normalized spacial score (nSPS) is 11.3. The van der Waals surface area contributed by atoms with E-state index in [9.17, 15) is 0 Å². The molecule has 104 valence electrons. The Morgan fingerprint density at radius 3 is 2.95 bits per heavy atom. The zero-order chi connectivity index (χ0) is 14.2. The zero-order valence-electron chi connectivity index (χ0n) is 11.4. The van der Waals surface area contributed by atoms with E-state index < -0.39 is 0 Å². The smallest absolute Gasteiger partial charge is 0.258 e. The van der Waals surface area contributed by atoms with Crippen molar-refractivity contribution in [2.45, 2.75) is 13.5 Å². The van der Waals surface area contributed by atoms with Crippen molar-refractivity contribution >= 4 is 22.4 Å². The monoisotopic (exact) mass is 296 g/mol. The highest BCUT2D eigenvalue weighted by atomic mass is 32.1. The van der Waals surface area contributed by atoms with Crippen molar-refractivity contribution in [1.29, 1.82) is 0 Å². The van der Waals surface area contributed by atoms with Crippen molar-refractivity contribution in [2.24, 2.45) is 0 Å². The maximum atomic E-state index is 5.32. The van der Waals surface area contributed by atoms with E-state index in [0.717, 1.165) is 22.4 Å². The first-order valence-electron chi connectivity index (χ1n) is 6.58. The zero-order valence-corrected chi connectivity index (χ0v) is 12.2. The fraction of sp³-hybridized carbons (Fsp3) is 0.133. The number of imidazole rings is 1. The van der Waals surface area contributed by atoms with Crippen molar-refractivity contribution in [3.63, 3.8) is 0 Å². The Balaban J connectivity index is 1.70. The lowest BCUT2D eigenvalue weighted by atomic mass is 10.3. The number of thiophene rings is 1. The summed E-state index contributed by atoms with van der Waals surface area (Å²) >= 11 is 1.61. The van der Waals surface area contributed by atoms with E-state index in [4.69, 9.17) is 4.52 Å². The van der Waals surface area contributed by atoms with Gasteiger partial charge in [-0.3, -0.25) is 0 Å². The second-order valence-corrected chi connectivity index (χ2v) is 5.54. The molecule has 0 radical (unpaired) electrons. The third-order valence-electron chi connectivity index (χ3n) is 3.38. The minimum atomic E-state index is 0.556. The van der Waals surface area contributed by atoms with Crippen LogP contribution in [-0.2, 0) is 6.54 Å². The van der Waals surface area contributed by atoms with Crippen molar-refractivity contribution in [3.05, 3.63) is 52.7 Å². The topological polar surface area (TPSA) is 56.7 Å². The van der Waals surface area contributed by atoms with Gasteiger partial charge in [-0.25, -0.2) is 4.98 Å². The lowest BCUT2D eigenvalue weighted by Crippen LogP contribution is -2.03. The quantitative estimate of drug-likeness (QED) is 0.580. The summed E-state index contributed by atoms with van der Waals surface area (Å²) in [6, 6.07) is 10.0. The Bertz CT molecular complexity index is 892. The third-order valence-corrected chi connectivity index (χ3v) is 4.06. The Morgan fingerprint density at radius 1 is 1.19 bits per heavy atom. The molecule has 4 rings (SSSR count). The van der Waals surface area contributed by atoms with Gasteiger partial charge in [0, 0.05) is 5.38 Å². The molecule has 0 bridgehead atoms. The molecule has 0 aliphatic carbocycles. The molecule has 21 heavy (non-hydrogen) atoms. The van der Waals surface area contributed by atoms with Crippen LogP contribution in [0.2, 0.25) is 0 Å². The first-order chi connectivity index (χ1) is 10.3. The molecule has 0 unspecified atom stereocenters. The van der Waals surface area contributed by atoms with Gasteiger partial charge in [0.25, 0.3) is 5.89 Å². The number of aromatic nitrogens is 4. The Kier molecular flexibility index (Phi) is 2.82. The number of para-hydroxylation sites is 2. The van der Waals surface area contributed by atoms with Crippen LogP contribution in [0.3, 0.4) is 0 Å². The summed E-state index contributed by atoms with van der Waals surface area (Å²) in [7, 11) is 0. The fourth-order valence-corrected chi connectivity index (χ4v) is 2.99. The minimum absolute atomic E-state index is 0.556. The molecule has 4 aromatic rings. The van der Waals surface area contributed by atoms with E-state index in [1.165, 1.54) is 0 Å². The summed E-state index contributed by atoms with van der Waals surface area (Å²) in [6.07, 6.45) is 0. The molecule has 0 N–H and O–H groups in total. The summed E-state index contributed by atoms with van der Waals surface area (Å²) < 4.78 is 7.42. The van der Waals surface area contributed by atoms with Gasteiger partial charge in [0.05, 0.1) is 23.1 Å². The SMILES string of the molecule is Cc1nc2ccccc2n1Cc1noc(-c2ccsc2)n1. The number of nitrogens with zero attached hydrogens (tertiary/aromatic N) is 4. The van der Waals surface area contributed by atoms with Crippen LogP contribution in [0.15, 0.2) is 45.6 Å². The highest BCUT2D eigenvalue weighted by molar-refractivity contribution is 7.08. The molecule has 6 heteroatoms. The number of aryl methyl sites for hydroxylation is 1. The molecule has 0 fully saturated rings. The van der Waals surface area contributed by atoms with Crippen LogP contribution in [0.1, 0.15) is 11.6 Å². The van der Waals surface area contributed by atoms with E-state index in [1.54, 1.807) is 11.3 Å². The van der Waals surface area contributed by atoms with Gasteiger partial charge >= 0.3 is 0 Å². The largest absolute Gasteiger partial charge is 0.334 e. The van der Waals surface area contributed by atoms with Gasteiger partial charge in [-0.1, -0.05) is 17.3 Å². The number of hydrogen-bond acceptors (Lipinski definition) is 5. The predicted molar refractivity (Wildman–Crippen MR) is 81.2 cm³/mol. The summed E-state index contributed by atoms with van der Waals surface area (Å²) in [6.45, 7) is 2.54. The van der Waals surface area contributed by atoms with E-state index in [1.807, 2.05) is 41.9 Å². The van der Waals surface area contributed by atoms with Gasteiger partial charge < -0.3 is 9.09 Å². The van der Waals surface area contributed by atoms with Crippen molar-refractivity contribution < 1.29 is 4.52 Å². The van der Waals surface area contributed by atoms with Gasteiger partial charge in [0.15, 0.2) is 5.82 Å². The van der Waals surface area contributed by atoms with Gasteiger partial charge in [-0.05, 0) is 30.5 Å². The highest BCUT2D eigenvalue weighted by Gasteiger charge is 2.12. The van der Waals surface area contributed by atoms with E-state index in [-0.39, 0.29) is 0 Å². The van der Waals surface area contributed by atoms with E-state index in [2.05, 4.69) is 25.8 Å². The number of benzene rings is 1. The molecule has 5 nitrogen and oxygen atoms in total. The highest BCUT2D eigenvalue weighted by Crippen LogP contribution is 2.21. The van der Waals surface area contributed by atoms with E-state index in [0.29, 0.717) is 18.3 Å². The first kappa shape index (κ1) is 12.3. The van der Waals surface area contributed by atoms with Crippen LogP contribution < -0.4 is 0 Å². The second kappa shape index (κ2) is 4.82. The molecule has 0 saturated heterocycles. The number of fused-ring (bicyclic) bond motifs is 1. The van der Waals surface area contributed by atoms with Crippen LogP contribution in [0, 0.1) is 6.92 Å². The van der Waals surface area contributed by atoms with Gasteiger partial charge in [-0.2, -0.15) is 16.3 Å². The predicted octanol–water partition coefficient (Wildman–Crippen LogP) is 3.50. The lowest BCUT2D eigenvalue weighted by molar-refractivity contribution is 0.420. The molecule has 1 aromatic carbocycles. The minimum Gasteiger partial charge on any atom is -0.334 e. The van der Waals surface area contributed by atoms with Crippen molar-refractivity contribution in [2.75, 3.05) is 0 Å². The van der Waals surface area contributed by atoms with Crippen molar-refractivity contribution in [3.8, 4) is 11.5 Å². The maximum absolute atomic E-state index is 5.32. The van der Waals surface area contributed by atoms with Crippen molar-refractivity contribution in [1.82, 2.24) is 19.7 Å². The fourth-order valence-electron chi connectivity index (χ4n) is 2.36. The Labute approximate surface area is 124 Å². The molecule has 3 heterocycles. The van der Waals surface area contributed by atoms with Crippen LogP contribution in [0.4, 0.5) is 0 Å². The van der Waals surface area contributed by atoms with E-state index >= 15 is 0 Å². The number of rotatable bonds is 3. The Hall–Kier alpha value is -2.47. The molecular weight excluding hydrogens is 284 g/mol. The molecule has 3 aromatic heterocycles. The molecule has 0 atom stereocenters. The molecule has 0 spiro atoms. The van der Waals surface area contributed by atoms with Gasteiger partial charge in [-0.15, -0.1) is 0 Å². The second-order valence-electron chi connectivity index (χ2n) is 4.76. The number of hydrogen-bond donors (Lipinski definition) is 0. The summed E-state index contributed by atoms with van der Waals surface area (Å²) in [4.78, 5) is 9.00. The third kappa shape index (κ3) is 2.13. The molecule has 0 saturated carbocycles. The Morgan fingerprint density at radius 2 is 2.10 bits per heavy atom. The average Bonchev–Trinajstić information content (AvgIpc) is 3.20.